The molecule has 0 radical (unpaired) electrons. The van der Waals surface area contributed by atoms with Gasteiger partial charge >= 0.3 is 0 Å². The van der Waals surface area contributed by atoms with Crippen LogP contribution in [-0.4, -0.2) is 5.11 Å². The lowest BCUT2D eigenvalue weighted by Crippen LogP contribution is -1.96. The van der Waals surface area contributed by atoms with Crippen LogP contribution in [-0.2, 0) is 0 Å². The summed E-state index contributed by atoms with van der Waals surface area (Å²) in [5.41, 5.74) is -0.372. The predicted molar refractivity (Wildman–Crippen MR) is 67.3 cm³/mol. The highest BCUT2D eigenvalue weighted by Gasteiger charge is 2.07. The second-order valence-electron chi connectivity index (χ2n) is 3.06. The van der Waals surface area contributed by atoms with Crippen molar-refractivity contribution in [3.8, 4) is 5.75 Å². The molecule has 0 unspecified atom stereocenters. The summed E-state index contributed by atoms with van der Waals surface area (Å²) in [7, 11) is 0. The van der Waals surface area contributed by atoms with Gasteiger partial charge in [-0.2, -0.15) is 0 Å². The number of aromatic hydroxyl groups is 1. The molecule has 0 atom stereocenters. The van der Waals surface area contributed by atoms with Crippen LogP contribution in [0, 0.1) is 0 Å². The van der Waals surface area contributed by atoms with E-state index in [4.69, 9.17) is 0 Å². The first kappa shape index (κ1) is 10.6. The van der Waals surface area contributed by atoms with Gasteiger partial charge in [-0.1, -0.05) is 40.2 Å². The minimum Gasteiger partial charge on any atom is -0.503 e. The smallest absolute Gasteiger partial charge is 0.229 e. The molecular formula is C11H6Br2O2. The van der Waals surface area contributed by atoms with Crippen molar-refractivity contribution in [1.29, 1.82) is 0 Å². The molecule has 2 aromatic rings. The molecule has 0 aliphatic rings. The Morgan fingerprint density at radius 3 is 2.27 bits per heavy atom. The molecule has 0 saturated carbocycles. The molecule has 0 fully saturated rings. The third kappa shape index (κ3) is 1.79. The Labute approximate surface area is 103 Å². The molecule has 2 rings (SSSR count). The highest BCUT2D eigenvalue weighted by atomic mass is 79.9. The first-order valence-electron chi connectivity index (χ1n) is 4.21. The zero-order valence-corrected chi connectivity index (χ0v) is 10.7. The molecular weight excluding hydrogens is 324 g/mol. The molecule has 0 heterocycles. The third-order valence-electron chi connectivity index (χ3n) is 2.12. The first-order chi connectivity index (χ1) is 7.11. The van der Waals surface area contributed by atoms with Crippen molar-refractivity contribution in [1.82, 2.24) is 0 Å². The van der Waals surface area contributed by atoms with E-state index >= 15 is 0 Å². The van der Waals surface area contributed by atoms with Crippen LogP contribution in [0.25, 0.3) is 10.8 Å². The van der Waals surface area contributed by atoms with Gasteiger partial charge in [-0.05, 0) is 27.4 Å². The Morgan fingerprint density at radius 2 is 1.60 bits per heavy atom. The molecule has 0 bridgehead atoms. The topological polar surface area (TPSA) is 37.3 Å². The average molecular weight is 330 g/mol. The molecule has 76 valence electrons. The highest BCUT2D eigenvalue weighted by Crippen LogP contribution is 2.28. The van der Waals surface area contributed by atoms with Crippen LogP contribution in [0.1, 0.15) is 0 Å². The molecule has 2 aromatic carbocycles. The zero-order chi connectivity index (χ0) is 11.0. The molecule has 1 N–H and O–H groups in total. The minimum atomic E-state index is -0.372. The maximum Gasteiger partial charge on any atom is 0.229 e. The fourth-order valence-corrected chi connectivity index (χ4v) is 2.67. The number of hydrogen-bond acceptors (Lipinski definition) is 2. The molecule has 0 spiro atoms. The lowest BCUT2D eigenvalue weighted by Gasteiger charge is -1.91. The van der Waals surface area contributed by atoms with Gasteiger partial charge in [0.05, 0.1) is 4.47 Å². The maximum absolute atomic E-state index is 11.8. The minimum absolute atomic E-state index is 0.267. The van der Waals surface area contributed by atoms with Gasteiger partial charge in [0.15, 0.2) is 5.75 Å². The Hall–Kier alpha value is -0.870. The van der Waals surface area contributed by atoms with Gasteiger partial charge in [0, 0.05) is 9.86 Å². The van der Waals surface area contributed by atoms with Crippen molar-refractivity contribution in [2.24, 2.45) is 0 Å². The quantitative estimate of drug-likeness (QED) is 0.804. The molecule has 15 heavy (non-hydrogen) atoms. The second-order valence-corrected chi connectivity index (χ2v) is 4.77. The van der Waals surface area contributed by atoms with Gasteiger partial charge in [0.2, 0.25) is 5.43 Å². The fourth-order valence-electron chi connectivity index (χ4n) is 1.38. The molecule has 4 heteroatoms. The van der Waals surface area contributed by atoms with Crippen LogP contribution in [0.5, 0.6) is 5.75 Å². The normalized spacial score (nSPS) is 10.5. The number of benzene rings is 1. The Balaban J connectivity index is 3.15. The van der Waals surface area contributed by atoms with Crippen LogP contribution in [0.3, 0.4) is 0 Å². The monoisotopic (exact) mass is 328 g/mol. The zero-order valence-electron chi connectivity index (χ0n) is 7.50. The van der Waals surface area contributed by atoms with Crippen molar-refractivity contribution in [3.63, 3.8) is 0 Å². The molecule has 0 saturated heterocycles. The third-order valence-corrected chi connectivity index (χ3v) is 3.38. The Bertz CT molecular complexity index is 594. The van der Waals surface area contributed by atoms with Crippen LogP contribution in [0.4, 0.5) is 0 Å². The van der Waals surface area contributed by atoms with Crippen molar-refractivity contribution < 1.29 is 5.11 Å². The highest BCUT2D eigenvalue weighted by molar-refractivity contribution is 9.11. The van der Waals surface area contributed by atoms with Crippen molar-refractivity contribution in [2.45, 2.75) is 0 Å². The number of hydrogen-bond donors (Lipinski definition) is 1. The second kappa shape index (κ2) is 3.94. The summed E-state index contributed by atoms with van der Waals surface area (Å²) in [6, 6.07) is 8.79. The fraction of sp³-hybridized carbons (Fsp3) is 0. The van der Waals surface area contributed by atoms with Gasteiger partial charge < -0.3 is 5.11 Å². The van der Waals surface area contributed by atoms with Crippen LogP contribution >= 0.6 is 31.9 Å². The number of rotatable bonds is 0. The molecule has 0 aliphatic carbocycles. The van der Waals surface area contributed by atoms with Crippen LogP contribution in [0.15, 0.2) is 44.1 Å². The van der Waals surface area contributed by atoms with Gasteiger partial charge in [0.1, 0.15) is 0 Å². The summed E-state index contributed by atoms with van der Waals surface area (Å²) in [6.45, 7) is 0. The van der Waals surface area contributed by atoms with Crippen LogP contribution < -0.4 is 5.43 Å². The molecule has 0 aliphatic heterocycles. The van der Waals surface area contributed by atoms with Gasteiger partial charge in [-0.25, -0.2) is 0 Å². The molecule has 0 amide bonds. The lowest BCUT2D eigenvalue weighted by atomic mass is 10.2. The van der Waals surface area contributed by atoms with Crippen molar-refractivity contribution in [3.05, 3.63) is 49.5 Å². The number of halogens is 2. The van der Waals surface area contributed by atoms with Crippen molar-refractivity contribution >= 4 is 42.6 Å². The SMILES string of the molecule is O=c1c(O)c(Br)cc(Br)c2ccccc12. The van der Waals surface area contributed by atoms with Crippen molar-refractivity contribution in [2.75, 3.05) is 0 Å². The van der Waals surface area contributed by atoms with E-state index in [1.54, 1.807) is 18.2 Å². The van der Waals surface area contributed by atoms with Crippen LogP contribution in [0.2, 0.25) is 0 Å². The summed E-state index contributed by atoms with van der Waals surface area (Å²) in [5.74, 6) is -0.267. The van der Waals surface area contributed by atoms with E-state index in [1.807, 2.05) is 12.1 Å². The van der Waals surface area contributed by atoms with Gasteiger partial charge in [-0.3, -0.25) is 4.79 Å². The van der Waals surface area contributed by atoms with Gasteiger partial charge in [-0.15, -0.1) is 0 Å². The standard InChI is InChI=1S/C11H6Br2O2/c12-8-5-9(13)11(15)10(14)7-4-2-1-3-6(7)8/h1-5H,(H,14,15). The summed E-state index contributed by atoms with van der Waals surface area (Å²) < 4.78 is 1.15. The van der Waals surface area contributed by atoms with E-state index in [0.29, 0.717) is 9.86 Å². The van der Waals surface area contributed by atoms with Gasteiger partial charge in [0.25, 0.3) is 0 Å². The Kier molecular flexibility index (Phi) is 2.80. The number of fused-ring (bicyclic) bond motifs is 1. The first-order valence-corrected chi connectivity index (χ1v) is 5.80. The maximum atomic E-state index is 11.8. The predicted octanol–water partition coefficient (Wildman–Crippen LogP) is 3.43. The van der Waals surface area contributed by atoms with E-state index in [9.17, 15) is 9.90 Å². The van der Waals surface area contributed by atoms with E-state index in [-0.39, 0.29) is 11.2 Å². The van der Waals surface area contributed by atoms with E-state index in [1.165, 1.54) is 0 Å². The summed E-state index contributed by atoms with van der Waals surface area (Å²) in [6.07, 6.45) is 0. The average Bonchev–Trinajstić information content (AvgIpc) is 2.33. The summed E-state index contributed by atoms with van der Waals surface area (Å²) in [4.78, 5) is 11.8. The van der Waals surface area contributed by atoms with E-state index in [0.717, 1.165) is 9.86 Å². The lowest BCUT2D eigenvalue weighted by molar-refractivity contribution is 0.468. The van der Waals surface area contributed by atoms with E-state index in [2.05, 4.69) is 31.9 Å². The Morgan fingerprint density at radius 1 is 1.00 bits per heavy atom. The summed E-state index contributed by atoms with van der Waals surface area (Å²) in [5, 5.41) is 10.9. The summed E-state index contributed by atoms with van der Waals surface area (Å²) >= 11 is 6.51. The largest absolute Gasteiger partial charge is 0.503 e. The molecule has 0 aromatic heterocycles. The molecule has 2 nitrogen and oxygen atoms in total. The van der Waals surface area contributed by atoms with E-state index < -0.39 is 0 Å².